The van der Waals surface area contributed by atoms with Gasteiger partial charge in [-0.2, -0.15) is 0 Å². The highest BCUT2D eigenvalue weighted by Gasteiger charge is 2.72. The maximum absolute atomic E-state index is 12.7. The number of aliphatic hydroxyl groups excluding tert-OH is 11. The zero-order valence-electron chi connectivity index (χ0n) is 39.0. The van der Waals surface area contributed by atoms with E-state index in [2.05, 4.69) is 40.7 Å². The van der Waals surface area contributed by atoms with E-state index in [0.717, 1.165) is 37.7 Å². The Labute approximate surface area is 377 Å². The molecule has 0 unspecified atom stereocenters. The highest BCUT2D eigenvalue weighted by Crippen LogP contribution is 2.76. The molecule has 7 rings (SSSR count). The predicted octanol–water partition coefficient (Wildman–Crippen LogP) is 0.612. The van der Waals surface area contributed by atoms with Crippen molar-refractivity contribution in [2.24, 2.45) is 45.3 Å². The van der Waals surface area contributed by atoms with Crippen LogP contribution in [0.15, 0.2) is 11.6 Å². The summed E-state index contributed by atoms with van der Waals surface area (Å²) in [5, 5.41) is 118. The topological polar surface area (TPSA) is 278 Å². The van der Waals surface area contributed by atoms with Crippen molar-refractivity contribution in [2.45, 2.75) is 217 Å². The van der Waals surface area contributed by atoms with Crippen LogP contribution in [0.5, 0.6) is 0 Å². The van der Waals surface area contributed by atoms with Crippen LogP contribution in [0.3, 0.4) is 0 Å². The molecule has 17 nitrogen and oxygen atoms in total. The number of hydrogen-bond acceptors (Lipinski definition) is 17. The fourth-order valence-electron chi connectivity index (χ4n) is 14.6. The minimum atomic E-state index is -1.67. The molecule has 4 aliphatic carbocycles. The monoisotopic (exact) mass is 917 g/mol. The molecule has 0 spiro atoms. The van der Waals surface area contributed by atoms with Crippen LogP contribution in [0.2, 0.25) is 0 Å². The van der Waals surface area contributed by atoms with E-state index in [1.807, 2.05) is 20.8 Å². The number of rotatable bonds is 13. The molecule has 11 N–H and O–H groups in total. The molecular formula is C47H80O17. The number of allylic oxidation sites excluding steroid dienone is 2. The van der Waals surface area contributed by atoms with Crippen LogP contribution in [-0.4, -0.2) is 180 Å². The molecule has 3 saturated heterocycles. The summed E-state index contributed by atoms with van der Waals surface area (Å²) in [5.74, 6) is -0.0472. The van der Waals surface area contributed by atoms with Crippen LogP contribution in [0.25, 0.3) is 0 Å². The van der Waals surface area contributed by atoms with Crippen LogP contribution < -0.4 is 0 Å². The molecule has 7 aliphatic rings. The van der Waals surface area contributed by atoms with Crippen LogP contribution in [-0.2, 0) is 28.4 Å². The third-order valence-electron chi connectivity index (χ3n) is 18.4. The van der Waals surface area contributed by atoms with Crippen molar-refractivity contribution in [1.29, 1.82) is 0 Å². The standard InChI is InChI=1S/C47H80O17/c1-22(2)10-9-14-47(8,64-42-39(58)36(55)34(53)27(62-42)21-59-40-37(56)33(52)26(20-49)60-40)23-11-16-46(7)31(23)24(50)18-29-44(5)15-13-30(43(3,4)28(44)12-17-45(29,46)6)63-41-38(57)35(54)32(51)25(19-48)61-41/h10,23-42,48-58H,9,11-21H2,1-8H3/t23-,24+,25+,26+,27+,28-,29+,30-,31-,32+,33+,34+,35-,36-,37-,38+,39+,40+,41-,42-,44-,45+,46+,47-/m0/s1. The van der Waals surface area contributed by atoms with Gasteiger partial charge in [0.2, 0.25) is 0 Å². The van der Waals surface area contributed by atoms with E-state index in [0.29, 0.717) is 25.7 Å². The Hall–Kier alpha value is -0.940. The Bertz CT molecular complexity index is 1630. The third kappa shape index (κ3) is 8.49. The van der Waals surface area contributed by atoms with Gasteiger partial charge >= 0.3 is 0 Å². The molecule has 7 fully saturated rings. The summed E-state index contributed by atoms with van der Waals surface area (Å²) in [5.41, 5.74) is -0.947. The van der Waals surface area contributed by atoms with Gasteiger partial charge in [-0.3, -0.25) is 0 Å². The molecule has 0 aromatic heterocycles. The van der Waals surface area contributed by atoms with Gasteiger partial charge in [-0.25, -0.2) is 0 Å². The van der Waals surface area contributed by atoms with Gasteiger partial charge in [0.1, 0.15) is 67.1 Å². The smallest absolute Gasteiger partial charge is 0.187 e. The fourth-order valence-corrected chi connectivity index (χ4v) is 14.6. The van der Waals surface area contributed by atoms with E-state index in [9.17, 15) is 56.2 Å². The zero-order chi connectivity index (χ0) is 47.1. The molecule has 3 heterocycles. The second-order valence-electron chi connectivity index (χ2n) is 22.4. The molecule has 0 aromatic rings. The van der Waals surface area contributed by atoms with E-state index in [-0.39, 0.29) is 46.0 Å². The summed E-state index contributed by atoms with van der Waals surface area (Å²) in [4.78, 5) is 0. The predicted molar refractivity (Wildman–Crippen MR) is 228 cm³/mol. The normalized spacial score (nSPS) is 52.3. The van der Waals surface area contributed by atoms with Gasteiger partial charge in [0.15, 0.2) is 18.9 Å². The van der Waals surface area contributed by atoms with Crippen molar-refractivity contribution < 1.29 is 84.6 Å². The molecule has 24 atom stereocenters. The van der Waals surface area contributed by atoms with Gasteiger partial charge in [-0.1, -0.05) is 46.3 Å². The summed E-state index contributed by atoms with van der Waals surface area (Å²) >= 11 is 0. The average molecular weight is 917 g/mol. The molecule has 4 saturated carbocycles. The van der Waals surface area contributed by atoms with Crippen molar-refractivity contribution >= 4 is 0 Å². The highest BCUT2D eigenvalue weighted by molar-refractivity contribution is 5.20. The van der Waals surface area contributed by atoms with Crippen LogP contribution in [0, 0.1) is 45.3 Å². The first-order chi connectivity index (χ1) is 29.9. The molecule has 370 valence electrons. The first-order valence-corrected chi connectivity index (χ1v) is 23.8. The molecule has 0 bridgehead atoms. The lowest BCUT2D eigenvalue weighted by Gasteiger charge is -2.71. The number of hydrogen-bond donors (Lipinski definition) is 11. The van der Waals surface area contributed by atoms with Crippen LogP contribution >= 0.6 is 0 Å². The van der Waals surface area contributed by atoms with Gasteiger partial charge in [0, 0.05) is 0 Å². The summed E-state index contributed by atoms with van der Waals surface area (Å²) in [7, 11) is 0. The Balaban J connectivity index is 1.11. The van der Waals surface area contributed by atoms with Gasteiger partial charge in [-0.05, 0) is 124 Å². The largest absolute Gasteiger partial charge is 0.394 e. The third-order valence-corrected chi connectivity index (χ3v) is 18.4. The van der Waals surface area contributed by atoms with Crippen molar-refractivity contribution in [3.8, 4) is 0 Å². The van der Waals surface area contributed by atoms with E-state index in [1.165, 1.54) is 0 Å². The summed E-state index contributed by atoms with van der Waals surface area (Å²) in [6.45, 7) is 16.1. The van der Waals surface area contributed by atoms with Crippen molar-refractivity contribution in [2.75, 3.05) is 19.8 Å². The SMILES string of the molecule is CC(C)=CCC[C@](C)(O[C@@H]1O[C@H](CO[C@@H]2O[C@H](CO)[C@@H](O)[C@@H]2O)[C@@H](O)[C@H](O)[C@H]1O)[C@H]1CC[C@]2(C)[C@@H]1[C@H](O)C[C@@H]1[C@@]3(C)CC[C@H](O[C@@H]4O[C@H](CO)[C@@H](O)[C@H](O)[C@H]4O)C(C)(C)[C@@H]3CC[C@]12C. The second kappa shape index (κ2) is 18.8. The quantitative estimate of drug-likeness (QED) is 0.0892. The lowest BCUT2D eigenvalue weighted by molar-refractivity contribution is -0.342. The average Bonchev–Trinajstić information content (AvgIpc) is 3.76. The molecule has 3 aliphatic heterocycles. The van der Waals surface area contributed by atoms with Crippen molar-refractivity contribution in [3.63, 3.8) is 0 Å². The van der Waals surface area contributed by atoms with E-state index in [4.69, 9.17) is 28.4 Å². The number of ether oxygens (including phenoxy) is 6. The second-order valence-corrected chi connectivity index (χ2v) is 22.4. The van der Waals surface area contributed by atoms with E-state index >= 15 is 0 Å². The Morgan fingerprint density at radius 1 is 0.641 bits per heavy atom. The molecule has 64 heavy (non-hydrogen) atoms. The minimum absolute atomic E-state index is 0.149. The van der Waals surface area contributed by atoms with E-state index < -0.39 is 123 Å². The summed E-state index contributed by atoms with van der Waals surface area (Å²) in [6.07, 6.45) is -11.9. The van der Waals surface area contributed by atoms with E-state index in [1.54, 1.807) is 0 Å². The molecule has 0 amide bonds. The highest BCUT2D eigenvalue weighted by atomic mass is 16.7. The van der Waals surface area contributed by atoms with Gasteiger partial charge in [0.05, 0.1) is 37.6 Å². The van der Waals surface area contributed by atoms with Gasteiger partial charge < -0.3 is 84.6 Å². The Kier molecular flexibility index (Phi) is 14.9. The molecule has 0 aromatic carbocycles. The maximum atomic E-state index is 12.7. The fraction of sp³-hybridized carbons (Fsp3) is 0.957. The minimum Gasteiger partial charge on any atom is -0.394 e. The first-order valence-electron chi connectivity index (χ1n) is 23.8. The molecular weight excluding hydrogens is 836 g/mol. The first kappa shape index (κ1) is 50.9. The number of fused-ring (bicyclic) bond motifs is 5. The maximum Gasteiger partial charge on any atom is 0.187 e. The van der Waals surface area contributed by atoms with Crippen molar-refractivity contribution in [3.05, 3.63) is 11.6 Å². The summed E-state index contributed by atoms with van der Waals surface area (Å²) in [6, 6.07) is 0. The molecule has 0 radical (unpaired) electrons. The van der Waals surface area contributed by atoms with Gasteiger partial charge in [-0.15, -0.1) is 0 Å². The van der Waals surface area contributed by atoms with Crippen molar-refractivity contribution in [1.82, 2.24) is 0 Å². The Morgan fingerprint density at radius 3 is 1.81 bits per heavy atom. The molecule has 17 heteroatoms. The lowest BCUT2D eigenvalue weighted by atomic mass is 9.35. The van der Waals surface area contributed by atoms with Gasteiger partial charge in [0.25, 0.3) is 0 Å². The number of aliphatic hydroxyl groups is 11. The summed E-state index contributed by atoms with van der Waals surface area (Å²) < 4.78 is 36.6. The zero-order valence-corrected chi connectivity index (χ0v) is 39.0. The van der Waals surface area contributed by atoms with Crippen LogP contribution in [0.4, 0.5) is 0 Å². The lowest BCUT2D eigenvalue weighted by Crippen LogP contribution is -2.67. The van der Waals surface area contributed by atoms with Crippen LogP contribution in [0.1, 0.15) is 113 Å². The Morgan fingerprint density at radius 2 is 1.19 bits per heavy atom.